The van der Waals surface area contributed by atoms with E-state index in [0.29, 0.717) is 12.1 Å². The second-order valence-electron chi connectivity index (χ2n) is 22.1. The third-order valence-electron chi connectivity index (χ3n) is 17.9. The van der Waals surface area contributed by atoms with Crippen molar-refractivity contribution in [3.8, 4) is 22.3 Å². The lowest BCUT2D eigenvalue weighted by Gasteiger charge is -2.42. The van der Waals surface area contributed by atoms with Gasteiger partial charge in [-0.2, -0.15) is 0 Å². The van der Waals surface area contributed by atoms with Gasteiger partial charge in [-0.15, -0.1) is 0 Å². The van der Waals surface area contributed by atoms with Crippen LogP contribution in [0.4, 0.5) is 68.2 Å². The van der Waals surface area contributed by atoms with Gasteiger partial charge in [0.25, 0.3) is 0 Å². The molecule has 0 aliphatic carbocycles. The highest BCUT2D eigenvalue weighted by Crippen LogP contribution is 2.51. The van der Waals surface area contributed by atoms with E-state index in [2.05, 4.69) is 299 Å². The fourth-order valence-electron chi connectivity index (χ4n) is 14.7. The molecule has 0 amide bonds. The van der Waals surface area contributed by atoms with E-state index in [4.69, 9.17) is 0 Å². The van der Waals surface area contributed by atoms with Gasteiger partial charge in [0.15, 0.2) is 0 Å². The van der Waals surface area contributed by atoms with Crippen molar-refractivity contribution in [3.63, 3.8) is 0 Å². The molecule has 0 bridgehead atoms. The fourth-order valence-corrected chi connectivity index (χ4v) is 14.7. The number of hydrogen-bond acceptors (Lipinski definition) is 4. The van der Waals surface area contributed by atoms with Crippen LogP contribution >= 0.6 is 0 Å². The van der Waals surface area contributed by atoms with Gasteiger partial charge in [0, 0.05) is 68.2 Å². The summed E-state index contributed by atoms with van der Waals surface area (Å²) in [5, 5.41) is 6.26. The number of anilines is 12. The lowest BCUT2D eigenvalue weighted by molar-refractivity contribution is 1.25. The van der Waals surface area contributed by atoms with Gasteiger partial charge in [0.2, 0.25) is 13.4 Å². The third kappa shape index (κ3) is 6.40. The standard InChI is InChI=1S/C76H48B2N4/c1-7-23-51(24-8-1)79(52-25-9-2-10-26-52)57-45-61-59-41-39-49-44-66-74-60(42-40-50-43-65(73(59)71(49)72(50)74)77-63-35-19-21-37-67(63)81(69(47-57)75(61)77)55-31-15-5-16-32-55)62-46-58(80(53-27-11-3-12-28-53)54-29-13-4-14-30-54)48-70-76(62)78(66)64-36-20-22-38-68(64)82(70)56-33-17-6-18-34-56/h1-48H/i39D,40D. The maximum Gasteiger partial charge on any atom is 0.248 e. The summed E-state index contributed by atoms with van der Waals surface area (Å²) in [5.74, 6) is 0. The quantitative estimate of drug-likeness (QED) is 0.111. The summed E-state index contributed by atoms with van der Waals surface area (Å²) in [6.45, 7) is -0.350. The highest BCUT2D eigenvalue weighted by molar-refractivity contribution is 7.02. The zero-order valence-corrected chi connectivity index (χ0v) is 44.5. The molecule has 4 aliphatic rings. The number of fused-ring (bicyclic) bond motifs is 8. The van der Waals surface area contributed by atoms with E-state index in [-0.39, 0.29) is 13.4 Å². The minimum Gasteiger partial charge on any atom is -0.311 e. The summed E-state index contributed by atoms with van der Waals surface area (Å²) in [5.41, 5.74) is 24.4. The predicted molar refractivity (Wildman–Crippen MR) is 349 cm³/mol. The second-order valence-corrected chi connectivity index (χ2v) is 22.1. The van der Waals surface area contributed by atoms with Crippen molar-refractivity contribution < 1.29 is 2.74 Å². The summed E-state index contributed by atoms with van der Waals surface area (Å²) < 4.78 is 21.0. The van der Waals surface area contributed by atoms with Crippen LogP contribution < -0.4 is 52.4 Å². The molecule has 4 heterocycles. The number of nitrogens with zero attached hydrogens (tertiary/aromatic N) is 4. The van der Waals surface area contributed by atoms with Crippen molar-refractivity contribution in [3.05, 3.63) is 291 Å². The SMILES string of the molecule is [2H]c1cc2c3c(cc4c([2H])cc5c6c(cc1c3c46)B1c3ccccc3N(c3ccccc3)c3cc(N(c4ccccc4)c4ccccc4)cc-5c31)B1c3ccccc3N(c3ccccc3)c3cc(N(c4ccccc4)c4ccccc4)cc-2c31. The molecule has 4 aliphatic heterocycles. The van der Waals surface area contributed by atoms with Gasteiger partial charge in [0.05, 0.1) is 2.74 Å². The molecule has 0 N–H and O–H groups in total. The van der Waals surface area contributed by atoms with Crippen molar-refractivity contribution in [1.82, 2.24) is 0 Å². The zero-order valence-electron chi connectivity index (χ0n) is 46.5. The molecule has 0 fully saturated rings. The normalized spacial score (nSPS) is 13.4. The number of para-hydroxylation sites is 8. The van der Waals surface area contributed by atoms with E-state index in [1.165, 1.54) is 32.8 Å². The van der Waals surface area contributed by atoms with E-state index in [0.717, 1.165) is 123 Å². The maximum atomic E-state index is 10.5. The first-order chi connectivity index (χ1) is 41.6. The Hall–Kier alpha value is -10.6. The van der Waals surface area contributed by atoms with Gasteiger partial charge in [0.1, 0.15) is 0 Å². The van der Waals surface area contributed by atoms with Gasteiger partial charge in [-0.1, -0.05) is 193 Å². The molecule has 82 heavy (non-hydrogen) atoms. The predicted octanol–water partition coefficient (Wildman–Crippen LogP) is 16.1. The molecule has 0 saturated carbocycles. The topological polar surface area (TPSA) is 13.0 Å². The number of benzene rings is 14. The first kappa shape index (κ1) is 43.3. The van der Waals surface area contributed by atoms with Crippen LogP contribution in [0.25, 0.3) is 54.6 Å². The Morgan fingerprint density at radius 2 is 0.598 bits per heavy atom. The Kier molecular flexibility index (Phi) is 9.24. The summed E-state index contributed by atoms with van der Waals surface area (Å²) in [6, 6.07) is 102. The van der Waals surface area contributed by atoms with Crippen molar-refractivity contribution in [1.29, 1.82) is 0 Å². The Balaban J connectivity index is 0.975. The lowest BCUT2D eigenvalue weighted by atomic mass is 9.31. The summed E-state index contributed by atoms with van der Waals surface area (Å²) in [7, 11) is 0. The summed E-state index contributed by atoms with van der Waals surface area (Å²) >= 11 is 0. The lowest BCUT2D eigenvalue weighted by Crippen LogP contribution is -2.60. The van der Waals surface area contributed by atoms with E-state index in [9.17, 15) is 2.74 Å². The molecule has 0 saturated heterocycles. The smallest absolute Gasteiger partial charge is 0.248 e. The summed E-state index contributed by atoms with van der Waals surface area (Å²) in [6.07, 6.45) is 0. The molecule has 14 aromatic rings. The third-order valence-corrected chi connectivity index (χ3v) is 17.9. The van der Waals surface area contributed by atoms with Crippen molar-refractivity contribution in [2.45, 2.75) is 0 Å². The van der Waals surface area contributed by atoms with Crippen molar-refractivity contribution >= 4 is 147 Å². The van der Waals surface area contributed by atoms with Crippen LogP contribution in [-0.4, -0.2) is 13.4 Å². The highest BCUT2D eigenvalue weighted by Gasteiger charge is 2.45. The molecule has 0 atom stereocenters. The van der Waals surface area contributed by atoms with Crippen LogP contribution in [0.3, 0.4) is 0 Å². The van der Waals surface area contributed by atoms with Crippen LogP contribution in [0.1, 0.15) is 2.74 Å². The minimum atomic E-state index is -0.175. The second kappa shape index (κ2) is 17.5. The van der Waals surface area contributed by atoms with Gasteiger partial charge in [-0.3, -0.25) is 0 Å². The van der Waals surface area contributed by atoms with Crippen LogP contribution in [0.5, 0.6) is 0 Å². The van der Waals surface area contributed by atoms with E-state index < -0.39 is 0 Å². The number of hydrogen-bond donors (Lipinski definition) is 0. The molecular weight excluding hydrogens is 990 g/mol. The first-order valence-electron chi connectivity index (χ1n) is 29.4. The highest BCUT2D eigenvalue weighted by atomic mass is 15.2. The molecule has 18 rings (SSSR count). The fraction of sp³-hybridized carbons (Fsp3) is 0. The Morgan fingerprint density at radius 1 is 0.268 bits per heavy atom. The van der Waals surface area contributed by atoms with Gasteiger partial charge < -0.3 is 19.6 Å². The van der Waals surface area contributed by atoms with Crippen molar-refractivity contribution in [2.75, 3.05) is 19.6 Å². The minimum absolute atomic E-state index is 0.175. The number of rotatable bonds is 8. The average Bonchev–Trinajstić information content (AvgIpc) is 0.701. The van der Waals surface area contributed by atoms with Gasteiger partial charge >= 0.3 is 0 Å². The molecule has 0 spiro atoms. The van der Waals surface area contributed by atoms with Crippen LogP contribution in [0, 0.1) is 0 Å². The molecule has 6 heteroatoms. The van der Waals surface area contributed by atoms with Crippen LogP contribution in [0.15, 0.2) is 291 Å². The average molecular weight is 1040 g/mol. The van der Waals surface area contributed by atoms with Crippen LogP contribution in [0.2, 0.25) is 0 Å². The van der Waals surface area contributed by atoms with E-state index >= 15 is 0 Å². The van der Waals surface area contributed by atoms with E-state index in [1.807, 2.05) is 0 Å². The van der Waals surface area contributed by atoms with Crippen LogP contribution in [-0.2, 0) is 0 Å². The molecule has 14 aromatic carbocycles. The maximum absolute atomic E-state index is 10.5. The Labute approximate surface area is 479 Å². The van der Waals surface area contributed by atoms with Crippen molar-refractivity contribution in [2.24, 2.45) is 0 Å². The molecule has 0 radical (unpaired) electrons. The summed E-state index contributed by atoms with van der Waals surface area (Å²) in [4.78, 5) is 9.64. The first-order valence-corrected chi connectivity index (χ1v) is 28.4. The molecule has 378 valence electrons. The van der Waals surface area contributed by atoms with Gasteiger partial charge in [-0.05, 0) is 186 Å². The Morgan fingerprint density at radius 3 is 0.963 bits per heavy atom. The molecule has 0 aromatic heterocycles. The molecule has 0 unspecified atom stereocenters. The van der Waals surface area contributed by atoms with Gasteiger partial charge in [-0.25, -0.2) is 0 Å². The monoisotopic (exact) mass is 1040 g/mol. The van der Waals surface area contributed by atoms with E-state index in [1.54, 1.807) is 0 Å². The molecule has 4 nitrogen and oxygen atoms in total. The zero-order chi connectivity index (χ0) is 55.3. The largest absolute Gasteiger partial charge is 0.311 e. The molecular formula is C76H48B2N4. The Bertz CT molecular complexity index is 4620.